The Balaban J connectivity index is 2.32. The van der Waals surface area contributed by atoms with Crippen LogP contribution in [0.25, 0.3) is 16.8 Å². The van der Waals surface area contributed by atoms with Gasteiger partial charge in [-0.15, -0.1) is 22.8 Å². The van der Waals surface area contributed by atoms with Crippen LogP contribution in [0.3, 0.4) is 0 Å². The van der Waals surface area contributed by atoms with Crippen LogP contribution in [0.5, 0.6) is 0 Å². The number of benzene rings is 1. The number of thiol groups is 1. The monoisotopic (exact) mass is 295 g/mol. The van der Waals surface area contributed by atoms with Crippen molar-refractivity contribution in [1.82, 2.24) is 14.6 Å². The van der Waals surface area contributed by atoms with Crippen LogP contribution in [0.4, 0.5) is 13.2 Å². The number of nitrogens with zero attached hydrogens (tertiary/aromatic N) is 3. The second-order valence-electron chi connectivity index (χ2n) is 4.19. The van der Waals surface area contributed by atoms with Crippen molar-refractivity contribution < 1.29 is 13.2 Å². The zero-order chi connectivity index (χ0) is 14.3. The lowest BCUT2D eigenvalue weighted by atomic mass is 10.1. The molecule has 0 fully saturated rings. The molecule has 0 unspecified atom stereocenters. The molecule has 0 aliphatic rings. The molecule has 0 radical (unpaired) electrons. The molecular weight excluding hydrogens is 287 g/mol. The molecule has 0 aliphatic carbocycles. The summed E-state index contributed by atoms with van der Waals surface area (Å²) in [6.45, 7) is 0. The van der Waals surface area contributed by atoms with Gasteiger partial charge in [-0.3, -0.25) is 4.40 Å². The van der Waals surface area contributed by atoms with Crippen molar-refractivity contribution in [2.75, 3.05) is 0 Å². The van der Waals surface area contributed by atoms with Crippen LogP contribution in [0.2, 0.25) is 0 Å². The van der Waals surface area contributed by atoms with E-state index in [1.54, 1.807) is 30.3 Å². The minimum Gasteiger partial charge on any atom is -0.277 e. The minimum absolute atomic E-state index is 0.154. The maximum absolute atomic E-state index is 12.9. The first-order valence-corrected chi connectivity index (χ1v) is 6.12. The van der Waals surface area contributed by atoms with E-state index < -0.39 is 12.0 Å². The molecule has 0 atom stereocenters. The zero-order valence-electron chi connectivity index (χ0n) is 9.96. The molecule has 2 aromatic heterocycles. The molecule has 2 heterocycles. The van der Waals surface area contributed by atoms with Crippen LogP contribution in [0.15, 0.2) is 47.5 Å². The molecule has 3 rings (SSSR count). The second-order valence-corrected chi connectivity index (χ2v) is 4.71. The first kappa shape index (κ1) is 13.0. The summed E-state index contributed by atoms with van der Waals surface area (Å²) in [6.07, 6.45) is -3.30. The Bertz CT molecular complexity index is 766. The molecule has 20 heavy (non-hydrogen) atoms. The standard InChI is InChI=1S/C13H8F3N3S/c14-13(15,16)12-18-17-11-10(6-9(20)7-19(11)12)8-4-2-1-3-5-8/h1-7,20H. The number of hydrogen-bond donors (Lipinski definition) is 1. The number of alkyl halides is 3. The molecule has 0 saturated heterocycles. The summed E-state index contributed by atoms with van der Waals surface area (Å²) in [4.78, 5) is 0.404. The fourth-order valence-electron chi connectivity index (χ4n) is 2.00. The topological polar surface area (TPSA) is 30.2 Å². The maximum Gasteiger partial charge on any atom is 0.452 e. The predicted octanol–water partition coefficient (Wildman–Crippen LogP) is 3.70. The molecule has 3 aromatic rings. The SMILES string of the molecule is FC(F)(F)c1nnc2c(-c3ccccc3)cc(S)cn12. The smallest absolute Gasteiger partial charge is 0.277 e. The van der Waals surface area contributed by atoms with Crippen molar-refractivity contribution in [3.8, 4) is 11.1 Å². The summed E-state index contributed by atoms with van der Waals surface area (Å²) in [5, 5.41) is 6.91. The predicted molar refractivity (Wildman–Crippen MR) is 70.7 cm³/mol. The van der Waals surface area contributed by atoms with Gasteiger partial charge in [0.25, 0.3) is 0 Å². The molecule has 0 aliphatic heterocycles. The van der Waals surface area contributed by atoms with E-state index in [1.807, 2.05) is 6.07 Å². The van der Waals surface area contributed by atoms with Gasteiger partial charge in [-0.05, 0) is 11.6 Å². The fraction of sp³-hybridized carbons (Fsp3) is 0.0769. The lowest BCUT2D eigenvalue weighted by molar-refractivity contribution is -0.145. The summed E-state index contributed by atoms with van der Waals surface area (Å²) in [5.41, 5.74) is 1.47. The molecule has 3 nitrogen and oxygen atoms in total. The third-order valence-corrected chi connectivity index (χ3v) is 3.07. The molecule has 1 aromatic carbocycles. The van der Waals surface area contributed by atoms with Crippen LogP contribution >= 0.6 is 12.6 Å². The second kappa shape index (κ2) is 4.52. The summed E-state index contributed by atoms with van der Waals surface area (Å²) in [7, 11) is 0. The summed E-state index contributed by atoms with van der Waals surface area (Å²) >= 11 is 4.15. The molecule has 7 heteroatoms. The average molecular weight is 295 g/mol. The van der Waals surface area contributed by atoms with Crippen LogP contribution in [-0.2, 0) is 6.18 Å². The Morgan fingerprint density at radius 1 is 1.05 bits per heavy atom. The maximum atomic E-state index is 12.9. The zero-order valence-corrected chi connectivity index (χ0v) is 10.9. The highest BCUT2D eigenvalue weighted by Gasteiger charge is 2.37. The molecule has 0 bridgehead atoms. The highest BCUT2D eigenvalue weighted by molar-refractivity contribution is 7.80. The lowest BCUT2D eigenvalue weighted by Crippen LogP contribution is -2.10. The highest BCUT2D eigenvalue weighted by Crippen LogP contribution is 2.32. The van der Waals surface area contributed by atoms with Crippen LogP contribution in [-0.4, -0.2) is 14.6 Å². The largest absolute Gasteiger partial charge is 0.452 e. The number of pyridine rings is 1. The van der Waals surface area contributed by atoms with Crippen LogP contribution in [0.1, 0.15) is 5.82 Å². The third-order valence-electron chi connectivity index (χ3n) is 2.83. The van der Waals surface area contributed by atoms with Gasteiger partial charge >= 0.3 is 6.18 Å². The quantitative estimate of drug-likeness (QED) is 0.694. The van der Waals surface area contributed by atoms with E-state index in [0.717, 1.165) is 9.96 Å². The molecule has 0 N–H and O–H groups in total. The van der Waals surface area contributed by atoms with Crippen molar-refractivity contribution in [2.24, 2.45) is 0 Å². The number of aromatic nitrogens is 3. The summed E-state index contributed by atoms with van der Waals surface area (Å²) < 4.78 is 39.5. The van der Waals surface area contributed by atoms with Gasteiger partial charge in [0.15, 0.2) is 5.65 Å². The van der Waals surface area contributed by atoms with Gasteiger partial charge < -0.3 is 0 Å². The van der Waals surface area contributed by atoms with Gasteiger partial charge in [-0.1, -0.05) is 30.3 Å². The summed E-state index contributed by atoms with van der Waals surface area (Å²) in [5.74, 6) is -1.06. The highest BCUT2D eigenvalue weighted by atomic mass is 32.1. The number of halogens is 3. The minimum atomic E-state index is -4.56. The number of hydrogen-bond acceptors (Lipinski definition) is 3. The summed E-state index contributed by atoms with van der Waals surface area (Å²) in [6, 6.07) is 10.7. The van der Waals surface area contributed by atoms with E-state index in [4.69, 9.17) is 0 Å². The van der Waals surface area contributed by atoms with Crippen molar-refractivity contribution >= 4 is 18.3 Å². The average Bonchev–Trinajstić information content (AvgIpc) is 2.82. The van der Waals surface area contributed by atoms with E-state index in [9.17, 15) is 13.2 Å². The molecule has 0 saturated carbocycles. The van der Waals surface area contributed by atoms with Gasteiger partial charge in [-0.2, -0.15) is 13.2 Å². The Kier molecular flexibility index (Phi) is 2.93. The van der Waals surface area contributed by atoms with Crippen molar-refractivity contribution in [2.45, 2.75) is 11.1 Å². The number of rotatable bonds is 1. The van der Waals surface area contributed by atoms with E-state index in [1.165, 1.54) is 6.20 Å². The van der Waals surface area contributed by atoms with Gasteiger partial charge in [-0.25, -0.2) is 0 Å². The Morgan fingerprint density at radius 2 is 1.75 bits per heavy atom. The first-order valence-electron chi connectivity index (χ1n) is 5.67. The van der Waals surface area contributed by atoms with Crippen molar-refractivity contribution in [3.63, 3.8) is 0 Å². The molecular formula is C13H8F3N3S. The van der Waals surface area contributed by atoms with Crippen molar-refractivity contribution in [1.29, 1.82) is 0 Å². The van der Waals surface area contributed by atoms with E-state index >= 15 is 0 Å². The third kappa shape index (κ3) is 2.14. The lowest BCUT2D eigenvalue weighted by Gasteiger charge is -2.08. The Hall–Kier alpha value is -2.02. The molecule has 102 valence electrons. The van der Waals surface area contributed by atoms with Crippen molar-refractivity contribution in [3.05, 3.63) is 48.4 Å². The van der Waals surface area contributed by atoms with E-state index in [-0.39, 0.29) is 5.65 Å². The van der Waals surface area contributed by atoms with Crippen LogP contribution < -0.4 is 0 Å². The van der Waals surface area contributed by atoms with E-state index in [0.29, 0.717) is 10.5 Å². The normalized spacial score (nSPS) is 12.0. The Morgan fingerprint density at radius 3 is 2.40 bits per heavy atom. The first-order chi connectivity index (χ1) is 9.47. The van der Waals surface area contributed by atoms with Crippen LogP contribution in [0, 0.1) is 0 Å². The molecule has 0 amide bonds. The van der Waals surface area contributed by atoms with Gasteiger partial charge in [0.1, 0.15) is 0 Å². The van der Waals surface area contributed by atoms with E-state index in [2.05, 4.69) is 22.8 Å². The Labute approximate surface area is 117 Å². The van der Waals surface area contributed by atoms with Gasteiger partial charge in [0, 0.05) is 16.7 Å². The fourth-order valence-corrected chi connectivity index (χ4v) is 2.25. The van der Waals surface area contributed by atoms with Gasteiger partial charge in [0.05, 0.1) is 0 Å². The van der Waals surface area contributed by atoms with Gasteiger partial charge in [0.2, 0.25) is 5.82 Å². The number of fused-ring (bicyclic) bond motifs is 1. The molecule has 0 spiro atoms.